The van der Waals surface area contributed by atoms with Crippen molar-refractivity contribution in [3.05, 3.63) is 34.5 Å². The van der Waals surface area contributed by atoms with Crippen LogP contribution in [-0.2, 0) is 16.1 Å². The number of carbonyl (C=O) groups excluding carboxylic acids is 2. The van der Waals surface area contributed by atoms with Gasteiger partial charge in [0.1, 0.15) is 5.03 Å². The fraction of sp³-hybridized carbons (Fsp3) is 0.333. The average molecular weight is 350 g/mol. The van der Waals surface area contributed by atoms with Crippen LogP contribution in [0.3, 0.4) is 0 Å². The Morgan fingerprint density at radius 1 is 1.26 bits per heavy atom. The van der Waals surface area contributed by atoms with Crippen LogP contribution < -0.4 is 10.6 Å². The molecule has 0 fully saturated rings. The van der Waals surface area contributed by atoms with E-state index in [2.05, 4.69) is 20.8 Å². The summed E-state index contributed by atoms with van der Waals surface area (Å²) in [6.07, 6.45) is 0. The van der Waals surface area contributed by atoms with Gasteiger partial charge in [-0.3, -0.25) is 9.59 Å². The molecule has 0 bridgehead atoms. The maximum Gasteiger partial charge on any atom is 0.230 e. The van der Waals surface area contributed by atoms with Gasteiger partial charge < -0.3 is 10.6 Å². The highest BCUT2D eigenvalue weighted by Gasteiger charge is 2.09. The van der Waals surface area contributed by atoms with Crippen LogP contribution in [0.15, 0.2) is 34.7 Å². The number of nitrogens with one attached hydrogen (secondary N) is 2. The minimum atomic E-state index is -0.113. The van der Waals surface area contributed by atoms with Crippen molar-refractivity contribution in [2.24, 2.45) is 5.92 Å². The van der Waals surface area contributed by atoms with E-state index in [1.807, 2.05) is 31.4 Å². The van der Waals surface area contributed by atoms with Gasteiger partial charge in [-0.05, 0) is 23.6 Å². The van der Waals surface area contributed by atoms with Crippen LogP contribution in [-0.4, -0.2) is 27.8 Å². The first-order chi connectivity index (χ1) is 11.0. The number of anilines is 1. The molecule has 0 aliphatic carbocycles. The van der Waals surface area contributed by atoms with Crippen LogP contribution in [0.2, 0.25) is 0 Å². The van der Waals surface area contributed by atoms with E-state index >= 15 is 0 Å². The Morgan fingerprint density at radius 3 is 2.70 bits per heavy atom. The second-order valence-corrected chi connectivity index (χ2v) is 7.07. The molecule has 0 atom stereocenters. The number of hydrogen-bond donors (Lipinski definition) is 2. The molecule has 2 heterocycles. The molecule has 2 amide bonds. The molecule has 0 aliphatic heterocycles. The number of aromatic nitrogens is 2. The zero-order valence-corrected chi connectivity index (χ0v) is 14.5. The predicted molar refractivity (Wildman–Crippen MR) is 92.4 cm³/mol. The van der Waals surface area contributed by atoms with Gasteiger partial charge in [0.15, 0.2) is 5.82 Å². The van der Waals surface area contributed by atoms with Crippen LogP contribution in [0.4, 0.5) is 5.82 Å². The van der Waals surface area contributed by atoms with Gasteiger partial charge in [0, 0.05) is 10.8 Å². The highest BCUT2D eigenvalue weighted by atomic mass is 32.2. The van der Waals surface area contributed by atoms with Crippen molar-refractivity contribution in [2.45, 2.75) is 25.4 Å². The molecule has 2 aromatic heterocycles. The van der Waals surface area contributed by atoms with Gasteiger partial charge in [0.25, 0.3) is 0 Å². The molecule has 2 N–H and O–H groups in total. The van der Waals surface area contributed by atoms with Crippen molar-refractivity contribution in [1.82, 2.24) is 15.5 Å². The van der Waals surface area contributed by atoms with Crippen molar-refractivity contribution in [3.63, 3.8) is 0 Å². The molecule has 2 rings (SSSR count). The van der Waals surface area contributed by atoms with Crippen LogP contribution in [0.1, 0.15) is 18.7 Å². The van der Waals surface area contributed by atoms with Gasteiger partial charge in [-0.25, -0.2) is 0 Å². The van der Waals surface area contributed by atoms with Crippen molar-refractivity contribution in [2.75, 3.05) is 11.1 Å². The molecule has 8 heteroatoms. The van der Waals surface area contributed by atoms with E-state index in [4.69, 9.17) is 0 Å². The van der Waals surface area contributed by atoms with E-state index in [-0.39, 0.29) is 23.5 Å². The zero-order valence-electron chi connectivity index (χ0n) is 12.9. The Balaban J connectivity index is 1.75. The van der Waals surface area contributed by atoms with E-state index in [9.17, 15) is 9.59 Å². The van der Waals surface area contributed by atoms with Crippen LogP contribution in [0, 0.1) is 5.92 Å². The summed E-state index contributed by atoms with van der Waals surface area (Å²) in [4.78, 5) is 24.4. The lowest BCUT2D eigenvalue weighted by Crippen LogP contribution is -2.24. The summed E-state index contributed by atoms with van der Waals surface area (Å²) in [6.45, 7) is 4.16. The molecule has 0 spiro atoms. The highest BCUT2D eigenvalue weighted by molar-refractivity contribution is 7.99. The molecule has 23 heavy (non-hydrogen) atoms. The van der Waals surface area contributed by atoms with Gasteiger partial charge in [0.05, 0.1) is 12.3 Å². The fourth-order valence-corrected chi connectivity index (χ4v) is 2.81. The van der Waals surface area contributed by atoms with Crippen LogP contribution >= 0.6 is 23.1 Å². The van der Waals surface area contributed by atoms with E-state index < -0.39 is 0 Å². The summed E-state index contributed by atoms with van der Waals surface area (Å²) in [7, 11) is 0. The molecule has 0 aliphatic rings. The van der Waals surface area contributed by atoms with Crippen molar-refractivity contribution >= 4 is 40.7 Å². The molecule has 2 aromatic rings. The summed E-state index contributed by atoms with van der Waals surface area (Å²) < 4.78 is 0. The van der Waals surface area contributed by atoms with E-state index in [0.717, 1.165) is 4.88 Å². The molecule has 6 nitrogen and oxygen atoms in total. The summed E-state index contributed by atoms with van der Waals surface area (Å²) >= 11 is 2.91. The molecular formula is C15H18N4O2S2. The minimum absolute atomic E-state index is 0.0533. The zero-order chi connectivity index (χ0) is 16.7. The average Bonchev–Trinajstić information content (AvgIpc) is 3.05. The van der Waals surface area contributed by atoms with Crippen molar-refractivity contribution in [1.29, 1.82) is 0 Å². The first kappa shape index (κ1) is 17.4. The topological polar surface area (TPSA) is 84.0 Å². The minimum Gasteiger partial charge on any atom is -0.350 e. The van der Waals surface area contributed by atoms with Gasteiger partial charge in [-0.2, -0.15) is 0 Å². The van der Waals surface area contributed by atoms with Crippen molar-refractivity contribution < 1.29 is 9.59 Å². The largest absolute Gasteiger partial charge is 0.350 e. The molecule has 0 saturated carbocycles. The third-order valence-electron chi connectivity index (χ3n) is 2.81. The Bertz CT molecular complexity index is 642. The Hall–Kier alpha value is -1.93. The Kier molecular flexibility index (Phi) is 6.54. The monoisotopic (exact) mass is 350 g/mol. The maximum atomic E-state index is 11.8. The number of amides is 2. The fourth-order valence-electron chi connectivity index (χ4n) is 1.52. The summed E-state index contributed by atoms with van der Waals surface area (Å²) in [5.41, 5.74) is 0. The lowest BCUT2D eigenvalue weighted by molar-refractivity contribution is -0.119. The maximum absolute atomic E-state index is 11.8. The number of nitrogens with zero attached hydrogens (tertiary/aromatic N) is 2. The molecular weight excluding hydrogens is 332 g/mol. The van der Waals surface area contributed by atoms with Crippen molar-refractivity contribution in [3.8, 4) is 0 Å². The van der Waals surface area contributed by atoms with Gasteiger partial charge in [-0.1, -0.05) is 31.7 Å². The first-order valence-electron chi connectivity index (χ1n) is 7.11. The Labute approximate surface area is 143 Å². The smallest absolute Gasteiger partial charge is 0.230 e. The van der Waals surface area contributed by atoms with Crippen LogP contribution in [0.25, 0.3) is 0 Å². The summed E-state index contributed by atoms with van der Waals surface area (Å²) in [5, 5.41) is 16.1. The lowest BCUT2D eigenvalue weighted by Gasteiger charge is -2.06. The van der Waals surface area contributed by atoms with Gasteiger partial charge in [0.2, 0.25) is 11.8 Å². The summed E-state index contributed by atoms with van der Waals surface area (Å²) in [6, 6.07) is 7.35. The second-order valence-electron chi connectivity index (χ2n) is 5.05. The highest BCUT2D eigenvalue weighted by Crippen LogP contribution is 2.15. The van der Waals surface area contributed by atoms with Gasteiger partial charge >= 0.3 is 0 Å². The SMILES string of the molecule is CC(C)C(=O)Nc1ccc(SCC(=O)NCc2cccs2)nn1. The number of rotatable bonds is 7. The molecule has 0 aromatic carbocycles. The molecule has 0 saturated heterocycles. The predicted octanol–water partition coefficient (Wildman–Crippen LogP) is 2.54. The number of carbonyl (C=O) groups is 2. The normalized spacial score (nSPS) is 10.6. The molecule has 122 valence electrons. The number of thioether (sulfide) groups is 1. The quantitative estimate of drug-likeness (QED) is 0.750. The third kappa shape index (κ3) is 5.99. The Morgan fingerprint density at radius 2 is 2.09 bits per heavy atom. The van der Waals surface area contributed by atoms with Crippen LogP contribution in [0.5, 0.6) is 0 Å². The first-order valence-corrected chi connectivity index (χ1v) is 8.97. The van der Waals surface area contributed by atoms with E-state index in [1.165, 1.54) is 11.8 Å². The number of hydrogen-bond acceptors (Lipinski definition) is 6. The molecule has 0 unspecified atom stereocenters. The number of thiophene rings is 1. The standard InChI is InChI=1S/C15H18N4O2S2/c1-10(2)15(21)17-12-5-6-14(19-18-12)23-9-13(20)16-8-11-4-3-7-22-11/h3-7,10H,8-9H2,1-2H3,(H,16,20)(H,17,18,21). The second kappa shape index (κ2) is 8.64. The third-order valence-corrected chi connectivity index (χ3v) is 4.60. The summed E-state index contributed by atoms with van der Waals surface area (Å²) in [5.74, 6) is 0.417. The van der Waals surface area contributed by atoms with Gasteiger partial charge in [-0.15, -0.1) is 21.5 Å². The lowest BCUT2D eigenvalue weighted by atomic mass is 10.2. The van der Waals surface area contributed by atoms with E-state index in [0.29, 0.717) is 17.4 Å². The molecule has 0 radical (unpaired) electrons. The van der Waals surface area contributed by atoms with E-state index in [1.54, 1.807) is 23.5 Å².